The smallest absolute Gasteiger partial charge is 0.0321 e. The predicted octanol–water partition coefficient (Wildman–Crippen LogP) is 4.51. The molecular weight excluding hydrogens is 216 g/mol. The van der Waals surface area contributed by atoms with Gasteiger partial charge < -0.3 is 0 Å². The minimum Gasteiger partial charge on any atom is -0.0842 e. The van der Waals surface area contributed by atoms with E-state index in [0.29, 0.717) is 0 Å². The third-order valence-electron chi connectivity index (χ3n) is 2.61. The Morgan fingerprint density at radius 2 is 1.61 bits per heavy atom. The van der Waals surface area contributed by atoms with E-state index in [1.54, 1.807) is 0 Å². The molecule has 0 fully saturated rings. The van der Waals surface area contributed by atoms with Crippen LogP contribution in [0.4, 0.5) is 0 Å². The van der Waals surface area contributed by atoms with Gasteiger partial charge in [0.15, 0.2) is 0 Å². The molecule has 0 aliphatic heterocycles. The van der Waals surface area contributed by atoms with Crippen LogP contribution in [0.2, 0.25) is 0 Å². The molecule has 0 aliphatic carbocycles. The van der Waals surface area contributed by atoms with Crippen LogP contribution >= 0.6 is 0 Å². The molecule has 0 heteroatoms. The molecule has 0 saturated heterocycles. The van der Waals surface area contributed by atoms with E-state index in [2.05, 4.69) is 43.0 Å². The molecule has 0 bridgehead atoms. The molecule has 0 spiro atoms. The van der Waals surface area contributed by atoms with Crippen molar-refractivity contribution in [2.75, 3.05) is 0 Å². The molecule has 0 nitrogen and oxygen atoms in total. The highest BCUT2D eigenvalue weighted by Gasteiger charge is 1.93. The van der Waals surface area contributed by atoms with Crippen LogP contribution in [-0.4, -0.2) is 0 Å². The summed E-state index contributed by atoms with van der Waals surface area (Å²) >= 11 is 0. The van der Waals surface area contributed by atoms with Crippen molar-refractivity contribution in [3.05, 3.63) is 77.4 Å². The zero-order chi connectivity index (χ0) is 12.6. The molecule has 0 atom stereocenters. The van der Waals surface area contributed by atoms with E-state index >= 15 is 0 Å². The van der Waals surface area contributed by atoms with E-state index in [1.807, 2.05) is 42.5 Å². The molecule has 2 aromatic rings. The first-order valence-electron chi connectivity index (χ1n) is 6.23. The second kappa shape index (κ2) is 6.47. The molecule has 0 N–H and O–H groups in total. The SMILES string of the molecule is CCC=Cc1ccccc1C#Cc1ccccc1. The molecule has 2 aromatic carbocycles. The van der Waals surface area contributed by atoms with Gasteiger partial charge in [0.25, 0.3) is 0 Å². The molecule has 0 radical (unpaired) electrons. The summed E-state index contributed by atoms with van der Waals surface area (Å²) in [6, 6.07) is 18.3. The van der Waals surface area contributed by atoms with Crippen molar-refractivity contribution in [1.82, 2.24) is 0 Å². The summed E-state index contributed by atoms with van der Waals surface area (Å²) in [6.07, 6.45) is 5.33. The van der Waals surface area contributed by atoms with Gasteiger partial charge in [-0.2, -0.15) is 0 Å². The highest BCUT2D eigenvalue weighted by molar-refractivity contribution is 5.60. The molecule has 0 amide bonds. The fourth-order valence-corrected chi connectivity index (χ4v) is 1.66. The minimum atomic E-state index is 1.04. The van der Waals surface area contributed by atoms with Crippen LogP contribution in [0, 0.1) is 11.8 Å². The third kappa shape index (κ3) is 3.37. The van der Waals surface area contributed by atoms with Gasteiger partial charge >= 0.3 is 0 Å². The van der Waals surface area contributed by atoms with Gasteiger partial charge in [-0.1, -0.05) is 67.3 Å². The number of hydrogen-bond acceptors (Lipinski definition) is 0. The maximum absolute atomic E-state index is 3.24. The quantitative estimate of drug-likeness (QED) is 0.668. The highest BCUT2D eigenvalue weighted by Crippen LogP contribution is 2.10. The van der Waals surface area contributed by atoms with Gasteiger partial charge in [0.05, 0.1) is 0 Å². The predicted molar refractivity (Wildman–Crippen MR) is 78.2 cm³/mol. The Labute approximate surface area is 109 Å². The van der Waals surface area contributed by atoms with Gasteiger partial charge in [-0.3, -0.25) is 0 Å². The van der Waals surface area contributed by atoms with E-state index < -0.39 is 0 Å². The maximum atomic E-state index is 3.24. The van der Waals surface area contributed by atoms with Crippen LogP contribution in [0.15, 0.2) is 60.7 Å². The Balaban J connectivity index is 2.30. The van der Waals surface area contributed by atoms with E-state index in [4.69, 9.17) is 0 Å². The second-order valence-electron chi connectivity index (χ2n) is 4.01. The van der Waals surface area contributed by atoms with Gasteiger partial charge in [-0.15, -0.1) is 0 Å². The van der Waals surface area contributed by atoms with Crippen molar-refractivity contribution in [2.24, 2.45) is 0 Å². The van der Waals surface area contributed by atoms with E-state index in [-0.39, 0.29) is 0 Å². The topological polar surface area (TPSA) is 0 Å². The summed E-state index contributed by atoms with van der Waals surface area (Å²) in [5, 5.41) is 0. The molecule has 0 aliphatic rings. The normalized spacial score (nSPS) is 10.1. The lowest BCUT2D eigenvalue weighted by Crippen LogP contribution is -1.81. The highest BCUT2D eigenvalue weighted by atomic mass is 14.0. The van der Waals surface area contributed by atoms with Crippen LogP contribution < -0.4 is 0 Å². The van der Waals surface area contributed by atoms with Crippen LogP contribution in [0.3, 0.4) is 0 Å². The summed E-state index contributed by atoms with van der Waals surface area (Å²) in [6.45, 7) is 2.13. The Hall–Kier alpha value is -2.26. The van der Waals surface area contributed by atoms with Gasteiger partial charge in [0, 0.05) is 11.1 Å². The zero-order valence-corrected chi connectivity index (χ0v) is 10.6. The Morgan fingerprint density at radius 1 is 0.889 bits per heavy atom. The lowest BCUT2D eigenvalue weighted by molar-refractivity contribution is 1.23. The summed E-state index contributed by atoms with van der Waals surface area (Å²) in [4.78, 5) is 0. The van der Waals surface area contributed by atoms with Gasteiger partial charge in [-0.05, 0) is 30.2 Å². The first-order chi connectivity index (χ1) is 8.90. The molecule has 2 rings (SSSR count). The van der Waals surface area contributed by atoms with Crippen molar-refractivity contribution in [3.63, 3.8) is 0 Å². The van der Waals surface area contributed by atoms with Crippen molar-refractivity contribution in [3.8, 4) is 11.8 Å². The molecule has 0 saturated carbocycles. The molecule has 0 unspecified atom stereocenters. The average Bonchev–Trinajstić information content (AvgIpc) is 2.45. The lowest BCUT2D eigenvalue weighted by Gasteiger charge is -1.97. The third-order valence-corrected chi connectivity index (χ3v) is 2.61. The summed E-state index contributed by atoms with van der Waals surface area (Å²) in [7, 11) is 0. The summed E-state index contributed by atoms with van der Waals surface area (Å²) < 4.78 is 0. The molecule has 0 aromatic heterocycles. The van der Waals surface area contributed by atoms with Gasteiger partial charge in [0.1, 0.15) is 0 Å². The van der Waals surface area contributed by atoms with Crippen molar-refractivity contribution < 1.29 is 0 Å². The van der Waals surface area contributed by atoms with Crippen LogP contribution in [-0.2, 0) is 0 Å². The Kier molecular flexibility index (Phi) is 4.39. The second-order valence-corrected chi connectivity index (χ2v) is 4.01. The van der Waals surface area contributed by atoms with E-state index in [0.717, 1.165) is 17.5 Å². The fourth-order valence-electron chi connectivity index (χ4n) is 1.66. The largest absolute Gasteiger partial charge is 0.0842 e. The standard InChI is InChI=1S/C18H16/c1-2-3-11-17-12-7-8-13-18(17)15-14-16-9-5-4-6-10-16/h3-13H,2H2,1H3. The minimum absolute atomic E-state index is 1.04. The van der Waals surface area contributed by atoms with Crippen LogP contribution in [0.1, 0.15) is 30.0 Å². The average molecular weight is 232 g/mol. The van der Waals surface area contributed by atoms with Gasteiger partial charge in [0.2, 0.25) is 0 Å². The van der Waals surface area contributed by atoms with Crippen molar-refractivity contribution >= 4 is 6.08 Å². The summed E-state index contributed by atoms with van der Waals surface area (Å²) in [5.41, 5.74) is 3.31. The molecule has 88 valence electrons. The zero-order valence-electron chi connectivity index (χ0n) is 10.6. The molecule has 18 heavy (non-hydrogen) atoms. The maximum Gasteiger partial charge on any atom is 0.0321 e. The van der Waals surface area contributed by atoms with Crippen LogP contribution in [0.5, 0.6) is 0 Å². The Bertz CT molecular complexity index is 580. The molecule has 0 heterocycles. The first kappa shape index (κ1) is 12.2. The monoisotopic (exact) mass is 232 g/mol. The first-order valence-corrected chi connectivity index (χ1v) is 6.23. The lowest BCUT2D eigenvalue weighted by atomic mass is 10.1. The van der Waals surface area contributed by atoms with Crippen molar-refractivity contribution in [1.29, 1.82) is 0 Å². The van der Waals surface area contributed by atoms with Gasteiger partial charge in [-0.25, -0.2) is 0 Å². The number of rotatable bonds is 2. The number of benzene rings is 2. The van der Waals surface area contributed by atoms with Crippen LogP contribution in [0.25, 0.3) is 6.08 Å². The van der Waals surface area contributed by atoms with E-state index in [9.17, 15) is 0 Å². The summed E-state index contributed by atoms with van der Waals surface area (Å²) in [5.74, 6) is 6.43. The van der Waals surface area contributed by atoms with Crippen molar-refractivity contribution in [2.45, 2.75) is 13.3 Å². The number of hydrogen-bond donors (Lipinski definition) is 0. The van der Waals surface area contributed by atoms with E-state index in [1.165, 1.54) is 5.56 Å². The molecular formula is C18H16. The number of allylic oxidation sites excluding steroid dienone is 1. The Morgan fingerprint density at radius 3 is 2.39 bits per heavy atom. The fraction of sp³-hybridized carbons (Fsp3) is 0.111.